The van der Waals surface area contributed by atoms with Gasteiger partial charge in [-0.1, -0.05) is 12.1 Å². The minimum Gasteiger partial charge on any atom is -0.382 e. The van der Waals surface area contributed by atoms with Gasteiger partial charge in [0, 0.05) is 6.54 Å². The largest absolute Gasteiger partial charge is 0.382 e. The lowest BCUT2D eigenvalue weighted by Crippen LogP contribution is -1.97. The summed E-state index contributed by atoms with van der Waals surface area (Å²) in [5, 5.41) is 10.2. The van der Waals surface area contributed by atoms with Gasteiger partial charge in [0.2, 0.25) is 0 Å². The van der Waals surface area contributed by atoms with Gasteiger partial charge in [0.05, 0.1) is 22.9 Å². The number of hydrogen-bond acceptors (Lipinski definition) is 3. The van der Waals surface area contributed by atoms with Crippen molar-refractivity contribution in [1.29, 1.82) is 0 Å². The van der Waals surface area contributed by atoms with Crippen LogP contribution in [0.3, 0.4) is 0 Å². The number of hydrogen-bond donors (Lipinski definition) is 3. The summed E-state index contributed by atoms with van der Waals surface area (Å²) >= 11 is 0. The maximum absolute atomic E-state index is 4.53. The topological polar surface area (TPSA) is 69.4 Å². The van der Waals surface area contributed by atoms with Crippen LogP contribution in [0, 0.1) is 0 Å². The van der Waals surface area contributed by atoms with Crippen molar-refractivity contribution in [3.8, 4) is 11.5 Å². The molecule has 0 aliphatic carbocycles. The van der Waals surface area contributed by atoms with E-state index in [1.165, 1.54) is 0 Å². The molecular weight excluding hydrogens is 214 g/mol. The summed E-state index contributed by atoms with van der Waals surface area (Å²) in [6.45, 7) is 2.90. The average molecular weight is 227 g/mol. The fraction of sp³-hybridized carbons (Fsp3) is 0.167. The number of para-hydroxylation sites is 2. The SMILES string of the molecule is CCNc1cn[nH]c1-c1nc2ccccc2[nH]1. The molecule has 5 nitrogen and oxygen atoms in total. The van der Waals surface area contributed by atoms with Crippen molar-refractivity contribution in [3.05, 3.63) is 30.5 Å². The Morgan fingerprint density at radius 3 is 3.00 bits per heavy atom. The molecule has 2 heterocycles. The number of nitrogens with zero attached hydrogens (tertiary/aromatic N) is 2. The van der Waals surface area contributed by atoms with Gasteiger partial charge in [-0.3, -0.25) is 5.10 Å². The highest BCUT2D eigenvalue weighted by atomic mass is 15.2. The van der Waals surface area contributed by atoms with Gasteiger partial charge in [0.25, 0.3) is 0 Å². The van der Waals surface area contributed by atoms with Crippen molar-refractivity contribution < 1.29 is 0 Å². The molecule has 2 aromatic heterocycles. The van der Waals surface area contributed by atoms with Crippen molar-refractivity contribution >= 4 is 16.7 Å². The van der Waals surface area contributed by atoms with E-state index >= 15 is 0 Å². The Bertz CT molecular complexity index is 604. The van der Waals surface area contributed by atoms with E-state index in [2.05, 4.69) is 32.4 Å². The van der Waals surface area contributed by atoms with Crippen LogP contribution in [0.2, 0.25) is 0 Å². The van der Waals surface area contributed by atoms with E-state index in [0.29, 0.717) is 0 Å². The summed E-state index contributed by atoms with van der Waals surface area (Å²) in [6, 6.07) is 7.96. The van der Waals surface area contributed by atoms with Crippen molar-refractivity contribution in [1.82, 2.24) is 20.2 Å². The lowest BCUT2D eigenvalue weighted by Gasteiger charge is -2.00. The molecule has 0 saturated heterocycles. The Balaban J connectivity index is 2.10. The number of anilines is 1. The second kappa shape index (κ2) is 3.93. The third-order valence-electron chi connectivity index (χ3n) is 2.63. The molecule has 0 saturated carbocycles. The van der Waals surface area contributed by atoms with Gasteiger partial charge < -0.3 is 10.3 Å². The second-order valence-corrected chi connectivity index (χ2v) is 3.79. The Hall–Kier alpha value is -2.30. The molecule has 0 radical (unpaired) electrons. The first kappa shape index (κ1) is 9.89. The van der Waals surface area contributed by atoms with Crippen LogP contribution < -0.4 is 5.32 Å². The summed E-state index contributed by atoms with van der Waals surface area (Å²) in [7, 11) is 0. The summed E-state index contributed by atoms with van der Waals surface area (Å²) in [4.78, 5) is 7.81. The number of fused-ring (bicyclic) bond motifs is 1. The quantitative estimate of drug-likeness (QED) is 0.643. The zero-order valence-corrected chi connectivity index (χ0v) is 9.49. The predicted molar refractivity (Wildman–Crippen MR) is 67.8 cm³/mol. The van der Waals surface area contributed by atoms with E-state index in [4.69, 9.17) is 0 Å². The van der Waals surface area contributed by atoms with Crippen LogP contribution in [0.15, 0.2) is 30.5 Å². The Morgan fingerprint density at radius 2 is 2.18 bits per heavy atom. The van der Waals surface area contributed by atoms with Crippen LogP contribution in [0.25, 0.3) is 22.6 Å². The molecule has 1 aromatic carbocycles. The zero-order valence-electron chi connectivity index (χ0n) is 9.49. The highest BCUT2D eigenvalue weighted by Gasteiger charge is 2.10. The number of rotatable bonds is 3. The monoisotopic (exact) mass is 227 g/mol. The molecule has 0 fully saturated rings. The van der Waals surface area contributed by atoms with Gasteiger partial charge in [0.1, 0.15) is 5.69 Å². The van der Waals surface area contributed by atoms with Crippen molar-refractivity contribution in [2.45, 2.75) is 6.92 Å². The summed E-state index contributed by atoms with van der Waals surface area (Å²) in [6.07, 6.45) is 1.77. The predicted octanol–water partition coefficient (Wildman–Crippen LogP) is 2.38. The first-order chi connectivity index (χ1) is 8.38. The molecule has 17 heavy (non-hydrogen) atoms. The van der Waals surface area contributed by atoms with Crippen molar-refractivity contribution in [2.24, 2.45) is 0 Å². The Labute approximate surface area is 98.3 Å². The van der Waals surface area contributed by atoms with Gasteiger partial charge in [-0.05, 0) is 19.1 Å². The van der Waals surface area contributed by atoms with E-state index in [0.717, 1.165) is 34.8 Å². The van der Waals surface area contributed by atoms with E-state index in [1.807, 2.05) is 24.3 Å². The third kappa shape index (κ3) is 1.65. The van der Waals surface area contributed by atoms with Crippen molar-refractivity contribution in [2.75, 3.05) is 11.9 Å². The van der Waals surface area contributed by atoms with Crippen molar-refractivity contribution in [3.63, 3.8) is 0 Å². The van der Waals surface area contributed by atoms with Gasteiger partial charge in [-0.15, -0.1) is 0 Å². The summed E-state index contributed by atoms with van der Waals surface area (Å²) < 4.78 is 0. The highest BCUT2D eigenvalue weighted by Crippen LogP contribution is 2.24. The Kier molecular flexibility index (Phi) is 2.29. The van der Waals surface area contributed by atoms with E-state index in [-0.39, 0.29) is 0 Å². The first-order valence-corrected chi connectivity index (χ1v) is 5.61. The molecule has 0 amide bonds. The molecule has 0 spiro atoms. The molecule has 3 rings (SSSR count). The van der Waals surface area contributed by atoms with Gasteiger partial charge in [-0.25, -0.2) is 4.98 Å². The summed E-state index contributed by atoms with van der Waals surface area (Å²) in [5.74, 6) is 0.805. The van der Waals surface area contributed by atoms with Crippen LogP contribution in [-0.2, 0) is 0 Å². The summed E-state index contributed by atoms with van der Waals surface area (Å²) in [5.41, 5.74) is 3.84. The minimum absolute atomic E-state index is 0.805. The normalized spacial score (nSPS) is 10.9. The molecule has 3 N–H and O–H groups in total. The van der Waals surface area contributed by atoms with Crippen LogP contribution in [0.5, 0.6) is 0 Å². The van der Waals surface area contributed by atoms with Crippen LogP contribution in [0.1, 0.15) is 6.92 Å². The van der Waals surface area contributed by atoms with Crippen LogP contribution >= 0.6 is 0 Å². The number of imidazole rings is 1. The first-order valence-electron chi connectivity index (χ1n) is 5.61. The smallest absolute Gasteiger partial charge is 0.158 e. The zero-order chi connectivity index (χ0) is 11.7. The van der Waals surface area contributed by atoms with Gasteiger partial charge in [-0.2, -0.15) is 5.10 Å². The number of nitrogens with one attached hydrogen (secondary N) is 3. The van der Waals surface area contributed by atoms with E-state index in [9.17, 15) is 0 Å². The fourth-order valence-electron chi connectivity index (χ4n) is 1.86. The standard InChI is InChI=1S/C12H13N5/c1-2-13-10-7-14-17-11(10)12-15-8-5-3-4-6-9(8)16-12/h3-7,13H,2H2,1H3,(H,14,17)(H,15,16). The molecular formula is C12H13N5. The lowest BCUT2D eigenvalue weighted by atomic mass is 10.3. The van der Waals surface area contributed by atoms with Crippen LogP contribution in [0.4, 0.5) is 5.69 Å². The number of aromatic nitrogens is 4. The molecule has 0 atom stereocenters. The maximum atomic E-state index is 4.53. The highest BCUT2D eigenvalue weighted by molar-refractivity contribution is 5.81. The molecule has 3 aromatic rings. The molecule has 0 bridgehead atoms. The minimum atomic E-state index is 0.805. The van der Waals surface area contributed by atoms with Crippen LogP contribution in [-0.4, -0.2) is 26.7 Å². The molecule has 86 valence electrons. The Morgan fingerprint density at radius 1 is 1.29 bits per heavy atom. The average Bonchev–Trinajstić information content (AvgIpc) is 2.94. The third-order valence-corrected chi connectivity index (χ3v) is 2.63. The molecule has 0 aliphatic rings. The maximum Gasteiger partial charge on any atom is 0.158 e. The molecule has 0 unspecified atom stereocenters. The second-order valence-electron chi connectivity index (χ2n) is 3.79. The number of aromatic amines is 2. The molecule has 5 heteroatoms. The molecule has 0 aliphatic heterocycles. The number of benzene rings is 1. The van der Waals surface area contributed by atoms with Gasteiger partial charge >= 0.3 is 0 Å². The number of H-pyrrole nitrogens is 2. The van der Waals surface area contributed by atoms with E-state index in [1.54, 1.807) is 6.20 Å². The fourth-order valence-corrected chi connectivity index (χ4v) is 1.86. The lowest BCUT2D eigenvalue weighted by molar-refractivity contribution is 1.08. The van der Waals surface area contributed by atoms with E-state index < -0.39 is 0 Å². The van der Waals surface area contributed by atoms with Gasteiger partial charge in [0.15, 0.2) is 5.82 Å².